The molecule has 0 heterocycles. The number of hydrogen-bond donors (Lipinski definition) is 1. The monoisotopic (exact) mass is 305 g/mol. The molecule has 21 heavy (non-hydrogen) atoms. The Balaban J connectivity index is 2.25. The van der Waals surface area contributed by atoms with Crippen molar-refractivity contribution in [1.29, 1.82) is 0 Å². The molecule has 1 N–H and O–H groups in total. The van der Waals surface area contributed by atoms with Crippen LogP contribution in [0, 0.1) is 12.7 Å². The minimum Gasteiger partial charge on any atom is -0.310 e. The highest BCUT2D eigenvalue weighted by molar-refractivity contribution is 6.31. The first kappa shape index (κ1) is 16.0. The van der Waals surface area contributed by atoms with Gasteiger partial charge in [-0.25, -0.2) is 4.39 Å². The summed E-state index contributed by atoms with van der Waals surface area (Å²) in [6, 6.07) is 13.1. The molecule has 2 rings (SSSR count). The van der Waals surface area contributed by atoms with E-state index in [0.29, 0.717) is 6.42 Å². The Morgan fingerprint density at radius 1 is 1.19 bits per heavy atom. The third-order valence-electron chi connectivity index (χ3n) is 3.62. The highest BCUT2D eigenvalue weighted by atomic mass is 35.5. The maximum atomic E-state index is 13.9. The first-order valence-corrected chi connectivity index (χ1v) is 7.72. The van der Waals surface area contributed by atoms with Gasteiger partial charge >= 0.3 is 0 Å². The molecule has 1 atom stereocenters. The Bertz CT molecular complexity index is 598. The van der Waals surface area contributed by atoms with Gasteiger partial charge in [-0.1, -0.05) is 48.9 Å². The maximum Gasteiger partial charge on any atom is 0.126 e. The van der Waals surface area contributed by atoms with Crippen LogP contribution >= 0.6 is 11.6 Å². The average Bonchev–Trinajstić information content (AvgIpc) is 2.48. The van der Waals surface area contributed by atoms with Gasteiger partial charge in [-0.2, -0.15) is 0 Å². The summed E-state index contributed by atoms with van der Waals surface area (Å²) in [5.41, 5.74) is 2.88. The smallest absolute Gasteiger partial charge is 0.126 e. The molecule has 2 aromatic carbocycles. The summed E-state index contributed by atoms with van der Waals surface area (Å²) < 4.78 is 13.9. The molecule has 1 unspecified atom stereocenters. The molecular formula is C18H21ClFN. The van der Waals surface area contributed by atoms with Crippen LogP contribution in [0.15, 0.2) is 42.5 Å². The maximum absolute atomic E-state index is 13.9. The largest absolute Gasteiger partial charge is 0.310 e. The van der Waals surface area contributed by atoms with Gasteiger partial charge < -0.3 is 5.32 Å². The van der Waals surface area contributed by atoms with Gasteiger partial charge in [-0.15, -0.1) is 0 Å². The van der Waals surface area contributed by atoms with E-state index in [2.05, 4.69) is 18.3 Å². The highest BCUT2D eigenvalue weighted by Gasteiger charge is 2.14. The second kappa shape index (κ2) is 7.58. The van der Waals surface area contributed by atoms with Crippen LogP contribution in [0.3, 0.4) is 0 Å². The van der Waals surface area contributed by atoms with E-state index in [1.54, 1.807) is 6.07 Å². The molecule has 2 aromatic rings. The van der Waals surface area contributed by atoms with E-state index in [0.717, 1.165) is 34.7 Å². The topological polar surface area (TPSA) is 12.0 Å². The van der Waals surface area contributed by atoms with Gasteiger partial charge in [0.05, 0.1) is 0 Å². The normalized spacial score (nSPS) is 12.4. The first-order valence-electron chi connectivity index (χ1n) is 7.34. The number of rotatable bonds is 6. The fourth-order valence-corrected chi connectivity index (χ4v) is 2.53. The SMILES string of the molecule is CCCNC(Cc1ccccc1F)c1ccc(C)c(Cl)c1. The lowest BCUT2D eigenvalue weighted by molar-refractivity contribution is 0.513. The highest BCUT2D eigenvalue weighted by Crippen LogP contribution is 2.25. The van der Waals surface area contributed by atoms with Crippen LogP contribution in [0.1, 0.15) is 36.1 Å². The summed E-state index contributed by atoms with van der Waals surface area (Å²) in [7, 11) is 0. The van der Waals surface area contributed by atoms with Crippen molar-refractivity contribution >= 4 is 11.6 Å². The zero-order valence-electron chi connectivity index (χ0n) is 12.5. The molecule has 0 radical (unpaired) electrons. The number of hydrogen-bond acceptors (Lipinski definition) is 1. The number of benzene rings is 2. The summed E-state index contributed by atoms with van der Waals surface area (Å²) in [6.07, 6.45) is 1.65. The van der Waals surface area contributed by atoms with Gasteiger partial charge in [-0.05, 0) is 55.1 Å². The molecule has 0 aromatic heterocycles. The van der Waals surface area contributed by atoms with Crippen molar-refractivity contribution in [3.05, 3.63) is 70.0 Å². The molecular weight excluding hydrogens is 285 g/mol. The number of halogens is 2. The van der Waals surface area contributed by atoms with Crippen molar-refractivity contribution < 1.29 is 4.39 Å². The second-order valence-corrected chi connectivity index (χ2v) is 5.72. The van der Waals surface area contributed by atoms with E-state index in [9.17, 15) is 4.39 Å². The minimum atomic E-state index is -0.154. The van der Waals surface area contributed by atoms with Crippen molar-refractivity contribution in [3.63, 3.8) is 0 Å². The van der Waals surface area contributed by atoms with E-state index < -0.39 is 0 Å². The van der Waals surface area contributed by atoms with Crippen molar-refractivity contribution in [2.24, 2.45) is 0 Å². The van der Waals surface area contributed by atoms with E-state index in [1.807, 2.05) is 31.2 Å². The van der Waals surface area contributed by atoms with Gasteiger partial charge in [0.25, 0.3) is 0 Å². The Labute approximate surface area is 131 Å². The summed E-state index contributed by atoms with van der Waals surface area (Å²) in [5.74, 6) is -0.154. The number of aryl methyl sites for hydroxylation is 1. The fraction of sp³-hybridized carbons (Fsp3) is 0.333. The van der Waals surface area contributed by atoms with Crippen LogP contribution in [0.4, 0.5) is 4.39 Å². The summed E-state index contributed by atoms with van der Waals surface area (Å²) in [6.45, 7) is 5.00. The molecule has 0 aliphatic carbocycles. The van der Waals surface area contributed by atoms with Crippen molar-refractivity contribution in [2.45, 2.75) is 32.7 Å². The summed E-state index contributed by atoms with van der Waals surface area (Å²) in [5, 5.41) is 4.24. The summed E-state index contributed by atoms with van der Waals surface area (Å²) >= 11 is 6.22. The van der Waals surface area contributed by atoms with Crippen LogP contribution in [0.2, 0.25) is 5.02 Å². The zero-order chi connectivity index (χ0) is 15.2. The third-order valence-corrected chi connectivity index (χ3v) is 4.03. The van der Waals surface area contributed by atoms with E-state index in [-0.39, 0.29) is 11.9 Å². The van der Waals surface area contributed by atoms with Gasteiger partial charge in [0, 0.05) is 11.1 Å². The van der Waals surface area contributed by atoms with Crippen molar-refractivity contribution in [1.82, 2.24) is 5.32 Å². The molecule has 0 spiro atoms. The molecule has 0 amide bonds. The van der Waals surface area contributed by atoms with E-state index in [1.165, 1.54) is 6.07 Å². The summed E-state index contributed by atoms with van der Waals surface area (Å²) in [4.78, 5) is 0. The molecule has 1 nitrogen and oxygen atoms in total. The molecule has 0 aliphatic heterocycles. The van der Waals surface area contributed by atoms with Crippen molar-refractivity contribution in [3.8, 4) is 0 Å². The van der Waals surface area contributed by atoms with Gasteiger partial charge in [0.1, 0.15) is 5.82 Å². The molecule has 3 heteroatoms. The minimum absolute atomic E-state index is 0.0694. The Kier molecular flexibility index (Phi) is 5.77. The Morgan fingerprint density at radius 3 is 2.62 bits per heavy atom. The Morgan fingerprint density at radius 2 is 1.95 bits per heavy atom. The molecule has 0 aliphatic rings. The lowest BCUT2D eigenvalue weighted by Crippen LogP contribution is -2.24. The van der Waals surface area contributed by atoms with Crippen LogP contribution < -0.4 is 5.32 Å². The molecule has 0 saturated heterocycles. The molecule has 0 fully saturated rings. The fourth-order valence-electron chi connectivity index (χ4n) is 2.34. The Hall–Kier alpha value is -1.38. The zero-order valence-corrected chi connectivity index (χ0v) is 13.3. The van der Waals surface area contributed by atoms with Crippen LogP contribution in [-0.2, 0) is 6.42 Å². The van der Waals surface area contributed by atoms with E-state index >= 15 is 0 Å². The standard InChI is InChI=1S/C18H21ClFN/c1-3-10-21-18(12-14-6-4-5-7-17(14)20)15-9-8-13(2)16(19)11-15/h4-9,11,18,21H,3,10,12H2,1-2H3. The quantitative estimate of drug-likeness (QED) is 0.785. The molecule has 0 saturated carbocycles. The second-order valence-electron chi connectivity index (χ2n) is 5.31. The van der Waals surface area contributed by atoms with Crippen LogP contribution in [0.25, 0.3) is 0 Å². The van der Waals surface area contributed by atoms with Gasteiger partial charge in [0.15, 0.2) is 0 Å². The predicted molar refractivity (Wildman–Crippen MR) is 87.3 cm³/mol. The lowest BCUT2D eigenvalue weighted by Gasteiger charge is -2.20. The van der Waals surface area contributed by atoms with Crippen molar-refractivity contribution in [2.75, 3.05) is 6.54 Å². The molecule has 112 valence electrons. The number of nitrogens with one attached hydrogen (secondary N) is 1. The van der Waals surface area contributed by atoms with Crippen LogP contribution in [-0.4, -0.2) is 6.54 Å². The van der Waals surface area contributed by atoms with Gasteiger partial charge in [0.2, 0.25) is 0 Å². The third kappa shape index (κ3) is 4.29. The average molecular weight is 306 g/mol. The van der Waals surface area contributed by atoms with Crippen LogP contribution in [0.5, 0.6) is 0 Å². The first-order chi connectivity index (χ1) is 10.1. The predicted octanol–water partition coefficient (Wildman–Crippen LogP) is 5.07. The van der Waals surface area contributed by atoms with E-state index in [4.69, 9.17) is 11.6 Å². The van der Waals surface area contributed by atoms with Gasteiger partial charge in [-0.3, -0.25) is 0 Å². The lowest BCUT2D eigenvalue weighted by atomic mass is 9.97. The molecule has 0 bridgehead atoms.